The third-order valence-electron chi connectivity index (χ3n) is 2.28. The van der Waals surface area contributed by atoms with E-state index >= 15 is 0 Å². The molecule has 1 aromatic rings. The number of thioether (sulfide) groups is 1. The summed E-state index contributed by atoms with van der Waals surface area (Å²) in [5.41, 5.74) is 1.01. The summed E-state index contributed by atoms with van der Waals surface area (Å²) < 4.78 is 4.67. The first-order valence-electron chi connectivity index (χ1n) is 5.91. The molecular weight excluding hydrogens is 262 g/mol. The summed E-state index contributed by atoms with van der Waals surface area (Å²) in [5.74, 6) is -0.830. The molecular formula is C14H17NO3S. The van der Waals surface area contributed by atoms with Gasteiger partial charge in [0.2, 0.25) is 5.91 Å². The topological polar surface area (TPSA) is 55.4 Å². The van der Waals surface area contributed by atoms with Crippen LogP contribution < -0.4 is 5.32 Å². The number of benzene rings is 1. The second-order valence-corrected chi connectivity index (χ2v) is 4.53. The SMILES string of the molecule is CCOC(=O)/C=C/C(=O)NCc1ccc(SC)cc1. The largest absolute Gasteiger partial charge is 0.463 e. The van der Waals surface area contributed by atoms with Crippen LogP contribution in [-0.4, -0.2) is 24.7 Å². The highest BCUT2D eigenvalue weighted by Crippen LogP contribution is 2.14. The number of esters is 1. The average molecular weight is 279 g/mol. The zero-order valence-corrected chi connectivity index (χ0v) is 11.8. The average Bonchev–Trinajstić information content (AvgIpc) is 2.44. The Morgan fingerprint density at radius 3 is 2.53 bits per heavy atom. The number of carbonyl (C=O) groups excluding carboxylic acids is 2. The van der Waals surface area contributed by atoms with Crippen LogP contribution in [0.2, 0.25) is 0 Å². The molecule has 0 saturated heterocycles. The van der Waals surface area contributed by atoms with Gasteiger partial charge < -0.3 is 10.1 Å². The third kappa shape index (κ3) is 6.10. The van der Waals surface area contributed by atoms with Crippen molar-refractivity contribution in [2.24, 2.45) is 0 Å². The lowest BCUT2D eigenvalue weighted by Gasteiger charge is -2.03. The molecule has 0 aliphatic rings. The molecule has 0 aliphatic heterocycles. The summed E-state index contributed by atoms with van der Waals surface area (Å²) in [4.78, 5) is 23.6. The molecule has 0 radical (unpaired) electrons. The predicted octanol–water partition coefficient (Wildman–Crippen LogP) is 2.14. The van der Waals surface area contributed by atoms with E-state index in [9.17, 15) is 9.59 Å². The molecule has 1 rings (SSSR count). The quantitative estimate of drug-likeness (QED) is 0.492. The lowest BCUT2D eigenvalue weighted by molar-refractivity contribution is -0.137. The minimum atomic E-state index is -0.512. The first-order chi connectivity index (χ1) is 9.15. The Morgan fingerprint density at radius 2 is 1.95 bits per heavy atom. The molecule has 1 N–H and O–H groups in total. The van der Waals surface area contributed by atoms with Gasteiger partial charge in [-0.25, -0.2) is 4.79 Å². The Morgan fingerprint density at radius 1 is 1.26 bits per heavy atom. The van der Waals surface area contributed by atoms with Gasteiger partial charge >= 0.3 is 5.97 Å². The molecule has 1 amide bonds. The van der Waals surface area contributed by atoms with Crippen LogP contribution in [0.4, 0.5) is 0 Å². The van der Waals surface area contributed by atoms with E-state index in [-0.39, 0.29) is 5.91 Å². The number of hydrogen-bond donors (Lipinski definition) is 1. The Kier molecular flexibility index (Phi) is 6.74. The van der Waals surface area contributed by atoms with Crippen molar-refractivity contribution in [3.8, 4) is 0 Å². The zero-order valence-electron chi connectivity index (χ0n) is 11.0. The number of nitrogens with one attached hydrogen (secondary N) is 1. The number of rotatable bonds is 6. The molecule has 1 aromatic carbocycles. The van der Waals surface area contributed by atoms with Gasteiger partial charge in [-0.2, -0.15) is 0 Å². The normalized spacial score (nSPS) is 10.4. The van der Waals surface area contributed by atoms with Crippen molar-refractivity contribution in [3.63, 3.8) is 0 Å². The van der Waals surface area contributed by atoms with Gasteiger partial charge in [0.1, 0.15) is 0 Å². The molecule has 0 bridgehead atoms. The van der Waals surface area contributed by atoms with Crippen molar-refractivity contribution >= 4 is 23.6 Å². The van der Waals surface area contributed by atoms with Gasteiger partial charge in [0.15, 0.2) is 0 Å². The van der Waals surface area contributed by atoms with E-state index < -0.39 is 5.97 Å². The van der Waals surface area contributed by atoms with Gasteiger partial charge in [0, 0.05) is 23.6 Å². The van der Waals surface area contributed by atoms with Crippen molar-refractivity contribution in [2.45, 2.75) is 18.4 Å². The van der Waals surface area contributed by atoms with E-state index in [1.165, 1.54) is 11.0 Å². The molecule has 0 aliphatic carbocycles. The van der Waals surface area contributed by atoms with Crippen LogP contribution in [0, 0.1) is 0 Å². The van der Waals surface area contributed by atoms with E-state index in [0.717, 1.165) is 11.6 Å². The fourth-order valence-electron chi connectivity index (χ4n) is 1.33. The molecule has 0 spiro atoms. The summed E-state index contributed by atoms with van der Waals surface area (Å²) in [5, 5.41) is 2.69. The van der Waals surface area contributed by atoms with Gasteiger partial charge in [-0.05, 0) is 30.9 Å². The van der Waals surface area contributed by atoms with Crippen molar-refractivity contribution in [2.75, 3.05) is 12.9 Å². The van der Waals surface area contributed by atoms with Crippen molar-refractivity contribution in [1.29, 1.82) is 0 Å². The smallest absolute Gasteiger partial charge is 0.330 e. The number of ether oxygens (including phenoxy) is 1. The molecule has 0 atom stereocenters. The molecule has 0 heterocycles. The van der Waals surface area contributed by atoms with Crippen LogP contribution in [0.15, 0.2) is 41.3 Å². The van der Waals surface area contributed by atoms with E-state index in [2.05, 4.69) is 10.1 Å². The maximum Gasteiger partial charge on any atom is 0.330 e. The van der Waals surface area contributed by atoms with Crippen LogP contribution >= 0.6 is 11.8 Å². The van der Waals surface area contributed by atoms with Crippen LogP contribution in [0.25, 0.3) is 0 Å². The van der Waals surface area contributed by atoms with Gasteiger partial charge in [-0.15, -0.1) is 11.8 Å². The second kappa shape index (κ2) is 8.37. The monoisotopic (exact) mass is 279 g/mol. The fourth-order valence-corrected chi connectivity index (χ4v) is 1.73. The summed E-state index contributed by atoms with van der Waals surface area (Å²) in [6.45, 7) is 2.44. The van der Waals surface area contributed by atoms with E-state index in [1.807, 2.05) is 30.5 Å². The molecule has 0 aromatic heterocycles. The predicted molar refractivity (Wildman–Crippen MR) is 75.8 cm³/mol. The highest BCUT2D eigenvalue weighted by atomic mass is 32.2. The molecule has 0 unspecified atom stereocenters. The van der Waals surface area contributed by atoms with Gasteiger partial charge in [0.05, 0.1) is 6.61 Å². The standard InChI is InChI=1S/C14H17NO3S/c1-3-18-14(17)9-8-13(16)15-10-11-4-6-12(19-2)7-5-11/h4-9H,3,10H2,1-2H3,(H,15,16)/b9-8+. The lowest BCUT2D eigenvalue weighted by atomic mass is 10.2. The van der Waals surface area contributed by atoms with Crippen LogP contribution in [-0.2, 0) is 20.9 Å². The first kappa shape index (κ1) is 15.3. The molecule has 0 saturated carbocycles. The van der Waals surface area contributed by atoms with Crippen LogP contribution in [0.5, 0.6) is 0 Å². The first-order valence-corrected chi connectivity index (χ1v) is 7.13. The number of amides is 1. The maximum atomic E-state index is 11.4. The third-order valence-corrected chi connectivity index (χ3v) is 3.03. The maximum absolute atomic E-state index is 11.4. The van der Waals surface area contributed by atoms with E-state index in [1.54, 1.807) is 18.7 Å². The molecule has 102 valence electrons. The van der Waals surface area contributed by atoms with Crippen molar-refractivity contribution in [1.82, 2.24) is 5.32 Å². The van der Waals surface area contributed by atoms with Gasteiger partial charge in [-0.1, -0.05) is 12.1 Å². The van der Waals surface area contributed by atoms with Gasteiger partial charge in [0.25, 0.3) is 0 Å². The summed E-state index contributed by atoms with van der Waals surface area (Å²) >= 11 is 1.67. The van der Waals surface area contributed by atoms with E-state index in [4.69, 9.17) is 0 Å². The Bertz CT molecular complexity index is 454. The fraction of sp³-hybridized carbons (Fsp3) is 0.286. The number of hydrogen-bond acceptors (Lipinski definition) is 4. The summed E-state index contributed by atoms with van der Waals surface area (Å²) in [7, 11) is 0. The Hall–Kier alpha value is -1.75. The Balaban J connectivity index is 2.39. The molecule has 5 heteroatoms. The molecule has 19 heavy (non-hydrogen) atoms. The molecule has 0 fully saturated rings. The van der Waals surface area contributed by atoms with Crippen LogP contribution in [0.3, 0.4) is 0 Å². The number of carbonyl (C=O) groups is 2. The second-order valence-electron chi connectivity index (χ2n) is 3.65. The van der Waals surface area contributed by atoms with Crippen LogP contribution in [0.1, 0.15) is 12.5 Å². The minimum Gasteiger partial charge on any atom is -0.463 e. The summed E-state index contributed by atoms with van der Waals surface area (Å²) in [6, 6.07) is 7.92. The minimum absolute atomic E-state index is 0.298. The van der Waals surface area contributed by atoms with Crippen molar-refractivity contribution < 1.29 is 14.3 Å². The van der Waals surface area contributed by atoms with Gasteiger partial charge in [-0.3, -0.25) is 4.79 Å². The molecule has 4 nitrogen and oxygen atoms in total. The Labute approximate surface area is 117 Å². The highest BCUT2D eigenvalue weighted by Gasteiger charge is 1.99. The lowest BCUT2D eigenvalue weighted by Crippen LogP contribution is -2.20. The van der Waals surface area contributed by atoms with E-state index in [0.29, 0.717) is 13.2 Å². The van der Waals surface area contributed by atoms with Crippen molar-refractivity contribution in [3.05, 3.63) is 42.0 Å². The summed E-state index contributed by atoms with van der Waals surface area (Å²) in [6.07, 6.45) is 4.31. The highest BCUT2D eigenvalue weighted by molar-refractivity contribution is 7.98. The zero-order chi connectivity index (χ0) is 14.1.